The molecule has 0 aliphatic heterocycles. The van der Waals surface area contributed by atoms with Gasteiger partial charge in [-0.25, -0.2) is 4.79 Å². The number of hydrogen-bond acceptors (Lipinski definition) is 5. The number of aryl methyl sites for hydroxylation is 1. The van der Waals surface area contributed by atoms with E-state index >= 15 is 0 Å². The molecule has 7 nitrogen and oxygen atoms in total. The fraction of sp³-hybridized carbons (Fsp3) is 0.263. The summed E-state index contributed by atoms with van der Waals surface area (Å²) in [5, 5.41) is 13.4. The van der Waals surface area contributed by atoms with Crippen molar-refractivity contribution in [2.24, 2.45) is 0 Å². The molecule has 0 unspecified atom stereocenters. The first-order chi connectivity index (χ1) is 12.5. The van der Waals surface area contributed by atoms with Crippen molar-refractivity contribution >= 4 is 17.6 Å². The van der Waals surface area contributed by atoms with Crippen molar-refractivity contribution in [3.05, 3.63) is 75.8 Å². The molecule has 1 atom stereocenters. The van der Waals surface area contributed by atoms with Gasteiger partial charge in [0.25, 0.3) is 11.6 Å². The predicted molar refractivity (Wildman–Crippen MR) is 95.7 cm³/mol. The number of carbonyl (C=O) groups excluding carboxylic acids is 2. The summed E-state index contributed by atoms with van der Waals surface area (Å²) in [5.41, 5.74) is 1.23. The minimum Gasteiger partial charge on any atom is -0.452 e. The first kappa shape index (κ1) is 19.1. The maximum Gasteiger partial charge on any atom is 0.338 e. The molecule has 0 spiro atoms. The lowest BCUT2D eigenvalue weighted by Crippen LogP contribution is -2.36. The lowest BCUT2D eigenvalue weighted by molar-refractivity contribution is -0.384. The smallest absolute Gasteiger partial charge is 0.338 e. The van der Waals surface area contributed by atoms with E-state index in [-0.39, 0.29) is 23.2 Å². The summed E-state index contributed by atoms with van der Waals surface area (Å²) >= 11 is 0. The number of esters is 1. The van der Waals surface area contributed by atoms with Gasteiger partial charge in [-0.05, 0) is 37.5 Å². The Labute approximate surface area is 151 Å². The monoisotopic (exact) mass is 356 g/mol. The number of ether oxygens (including phenoxy) is 1. The average molecular weight is 356 g/mol. The summed E-state index contributed by atoms with van der Waals surface area (Å²) in [6.45, 7) is 1.49. The van der Waals surface area contributed by atoms with Gasteiger partial charge in [0.15, 0.2) is 6.61 Å². The number of benzene rings is 2. The third kappa shape index (κ3) is 6.01. The summed E-state index contributed by atoms with van der Waals surface area (Å²) in [7, 11) is 0. The number of amides is 1. The summed E-state index contributed by atoms with van der Waals surface area (Å²) in [6.07, 6.45) is 1.61. The summed E-state index contributed by atoms with van der Waals surface area (Å²) in [4.78, 5) is 33.7. The fourth-order valence-corrected chi connectivity index (χ4v) is 2.35. The Morgan fingerprint density at radius 3 is 2.38 bits per heavy atom. The molecule has 0 saturated heterocycles. The van der Waals surface area contributed by atoms with E-state index < -0.39 is 17.5 Å². The molecule has 7 heteroatoms. The molecular formula is C19H20N2O5. The van der Waals surface area contributed by atoms with Gasteiger partial charge in [0.1, 0.15) is 0 Å². The van der Waals surface area contributed by atoms with Crippen LogP contribution in [0.25, 0.3) is 0 Å². The zero-order chi connectivity index (χ0) is 18.9. The molecule has 0 aliphatic rings. The lowest BCUT2D eigenvalue weighted by Gasteiger charge is -2.14. The molecule has 1 amide bonds. The molecule has 0 aromatic heterocycles. The molecule has 0 bridgehead atoms. The van der Waals surface area contributed by atoms with E-state index in [4.69, 9.17) is 4.74 Å². The number of carbonyl (C=O) groups is 2. The van der Waals surface area contributed by atoms with Gasteiger partial charge in [-0.1, -0.05) is 30.3 Å². The topological polar surface area (TPSA) is 98.5 Å². The normalized spacial score (nSPS) is 11.4. The van der Waals surface area contributed by atoms with Crippen LogP contribution in [-0.2, 0) is 16.0 Å². The van der Waals surface area contributed by atoms with Crippen molar-refractivity contribution in [2.45, 2.75) is 25.8 Å². The van der Waals surface area contributed by atoms with E-state index in [1.165, 1.54) is 29.8 Å². The molecule has 0 radical (unpaired) electrons. The van der Waals surface area contributed by atoms with Crippen LogP contribution in [0.4, 0.5) is 5.69 Å². The highest BCUT2D eigenvalue weighted by Crippen LogP contribution is 2.12. The Morgan fingerprint density at radius 1 is 1.12 bits per heavy atom. The largest absolute Gasteiger partial charge is 0.452 e. The van der Waals surface area contributed by atoms with Crippen LogP contribution < -0.4 is 5.32 Å². The van der Waals surface area contributed by atoms with Crippen molar-refractivity contribution in [1.82, 2.24) is 5.32 Å². The molecule has 136 valence electrons. The third-order valence-corrected chi connectivity index (χ3v) is 3.76. The Morgan fingerprint density at radius 2 is 1.77 bits per heavy atom. The molecule has 2 rings (SSSR count). The van der Waals surface area contributed by atoms with Crippen LogP contribution in [0.15, 0.2) is 54.6 Å². The van der Waals surface area contributed by atoms with Crippen molar-refractivity contribution in [2.75, 3.05) is 6.61 Å². The highest BCUT2D eigenvalue weighted by atomic mass is 16.6. The van der Waals surface area contributed by atoms with Crippen LogP contribution in [0.1, 0.15) is 29.3 Å². The zero-order valence-corrected chi connectivity index (χ0v) is 14.4. The van der Waals surface area contributed by atoms with Crippen molar-refractivity contribution in [3.8, 4) is 0 Å². The van der Waals surface area contributed by atoms with Crippen molar-refractivity contribution in [1.29, 1.82) is 0 Å². The predicted octanol–water partition coefficient (Wildman–Crippen LogP) is 2.89. The molecule has 0 heterocycles. The number of nitrogens with zero attached hydrogens (tertiary/aromatic N) is 1. The van der Waals surface area contributed by atoms with E-state index in [0.717, 1.165) is 12.8 Å². The number of non-ortho nitro benzene ring substituents is 1. The second kappa shape index (κ2) is 9.31. The average Bonchev–Trinajstić information content (AvgIpc) is 2.65. The Balaban J connectivity index is 1.73. The highest BCUT2D eigenvalue weighted by Gasteiger charge is 2.13. The second-order valence-corrected chi connectivity index (χ2v) is 5.87. The minimum atomic E-state index is -0.702. The van der Waals surface area contributed by atoms with E-state index in [1.807, 2.05) is 37.3 Å². The molecule has 1 N–H and O–H groups in total. The van der Waals surface area contributed by atoms with Crippen LogP contribution in [0.3, 0.4) is 0 Å². The molecule has 2 aromatic rings. The van der Waals surface area contributed by atoms with Gasteiger partial charge < -0.3 is 10.1 Å². The van der Waals surface area contributed by atoms with Gasteiger partial charge in [-0.2, -0.15) is 0 Å². The van der Waals surface area contributed by atoms with E-state index in [9.17, 15) is 19.7 Å². The van der Waals surface area contributed by atoms with Crippen LogP contribution in [0, 0.1) is 10.1 Å². The van der Waals surface area contributed by atoms with Gasteiger partial charge in [-0.15, -0.1) is 0 Å². The fourth-order valence-electron chi connectivity index (χ4n) is 2.35. The van der Waals surface area contributed by atoms with E-state index in [1.54, 1.807) is 0 Å². The zero-order valence-electron chi connectivity index (χ0n) is 14.4. The maximum absolute atomic E-state index is 11.9. The van der Waals surface area contributed by atoms with Crippen molar-refractivity contribution < 1.29 is 19.2 Å². The summed E-state index contributed by atoms with van der Waals surface area (Å²) in [5.74, 6) is -1.09. The highest BCUT2D eigenvalue weighted by molar-refractivity contribution is 5.91. The van der Waals surface area contributed by atoms with Gasteiger partial charge in [-0.3, -0.25) is 14.9 Å². The molecule has 0 aliphatic carbocycles. The van der Waals surface area contributed by atoms with Crippen LogP contribution in [0.2, 0.25) is 0 Å². The van der Waals surface area contributed by atoms with Crippen LogP contribution in [-0.4, -0.2) is 29.4 Å². The Hall–Kier alpha value is -3.22. The molecular weight excluding hydrogens is 336 g/mol. The maximum atomic E-state index is 11.9. The molecule has 26 heavy (non-hydrogen) atoms. The number of hydrogen-bond donors (Lipinski definition) is 1. The SMILES string of the molecule is C[C@@H](CCc1ccccc1)NC(=O)COC(=O)c1ccc([N+](=O)[O-])cc1. The number of nitro groups is 1. The van der Waals surface area contributed by atoms with E-state index in [0.29, 0.717) is 0 Å². The molecule has 0 saturated carbocycles. The Bertz CT molecular complexity index is 759. The third-order valence-electron chi connectivity index (χ3n) is 3.76. The molecule has 2 aromatic carbocycles. The van der Waals surface area contributed by atoms with Gasteiger partial charge in [0.05, 0.1) is 10.5 Å². The minimum absolute atomic E-state index is 0.0548. The second-order valence-electron chi connectivity index (χ2n) is 5.87. The first-order valence-corrected chi connectivity index (χ1v) is 8.20. The first-order valence-electron chi connectivity index (χ1n) is 8.20. The van der Waals surface area contributed by atoms with Gasteiger partial charge in [0.2, 0.25) is 0 Å². The van der Waals surface area contributed by atoms with E-state index in [2.05, 4.69) is 5.32 Å². The van der Waals surface area contributed by atoms with Gasteiger partial charge >= 0.3 is 5.97 Å². The Kier molecular flexibility index (Phi) is 6.84. The quantitative estimate of drug-likeness (QED) is 0.445. The number of nitro benzene ring substituents is 1. The van der Waals surface area contributed by atoms with Gasteiger partial charge in [0, 0.05) is 18.2 Å². The lowest BCUT2D eigenvalue weighted by atomic mass is 10.1. The van der Waals surface area contributed by atoms with Crippen LogP contribution in [0.5, 0.6) is 0 Å². The number of nitrogens with one attached hydrogen (secondary N) is 1. The summed E-state index contributed by atoms with van der Waals surface area (Å²) < 4.78 is 4.93. The van der Waals surface area contributed by atoms with Crippen LogP contribution >= 0.6 is 0 Å². The standard InChI is InChI=1S/C19H20N2O5/c1-14(7-8-15-5-3-2-4-6-15)20-18(22)13-26-19(23)16-9-11-17(12-10-16)21(24)25/h2-6,9-12,14H,7-8,13H2,1H3,(H,20,22)/t14-/m0/s1. The van der Waals surface area contributed by atoms with Crippen molar-refractivity contribution in [3.63, 3.8) is 0 Å². The molecule has 0 fully saturated rings. The summed E-state index contributed by atoms with van der Waals surface area (Å²) in [6, 6.07) is 14.9. The number of rotatable bonds is 8.